The van der Waals surface area contributed by atoms with E-state index < -0.39 is 0 Å². The Labute approximate surface area is 519 Å². The molecule has 14 rings (SSSR count). The van der Waals surface area contributed by atoms with E-state index in [1.54, 1.807) is 0 Å². The molecule has 4 heteroatoms. The van der Waals surface area contributed by atoms with Crippen molar-refractivity contribution < 1.29 is 0 Å². The molecule has 0 amide bonds. The zero-order valence-corrected chi connectivity index (χ0v) is 51.5. The summed E-state index contributed by atoms with van der Waals surface area (Å²) in [5.74, 6) is 0. The Morgan fingerprint density at radius 1 is 0.148 bits per heavy atom. The van der Waals surface area contributed by atoms with Crippen molar-refractivity contribution in [1.29, 1.82) is 0 Å². The van der Waals surface area contributed by atoms with Crippen molar-refractivity contribution in [1.82, 2.24) is 0 Å². The highest BCUT2D eigenvalue weighted by Gasteiger charge is 2.21. The van der Waals surface area contributed by atoms with E-state index >= 15 is 0 Å². The van der Waals surface area contributed by atoms with Gasteiger partial charge < -0.3 is 19.6 Å². The highest BCUT2D eigenvalue weighted by atomic mass is 15.2. The average Bonchev–Trinajstić information content (AvgIpc) is 0.991. The number of benzene rings is 14. The first-order valence-electron chi connectivity index (χ1n) is 30.6. The van der Waals surface area contributed by atoms with Gasteiger partial charge in [0.2, 0.25) is 0 Å². The molecule has 428 valence electrons. The van der Waals surface area contributed by atoms with E-state index in [0.29, 0.717) is 0 Å². The van der Waals surface area contributed by atoms with Crippen molar-refractivity contribution in [3.8, 4) is 0 Å². The smallest absolute Gasteiger partial charge is 0.0468 e. The first-order chi connectivity index (χ1) is 42.9. The predicted octanol–water partition coefficient (Wildman–Crippen LogP) is 24.3. The number of nitrogens with zero attached hydrogens (tertiary/aromatic N) is 4. The van der Waals surface area contributed by atoms with Gasteiger partial charge in [-0.3, -0.25) is 0 Å². The number of para-hydroxylation sites is 4. The molecule has 14 aromatic rings. The SMILES string of the molecule is Cc1ccc(N(c2ccccc2)c2ccc3c(C)c(C)c4ccc(N(c5ccccc5)c5ccc(C)cc5)cc4c3c2)cc1.Cc1ccc(N(c2ccccc2)c2ccc3c(C)c(C)c4ccc(N(c5ccccc5)c5ccc(C)cc5)cc4c3c2)cc1. The van der Waals surface area contributed by atoms with Gasteiger partial charge in [0.15, 0.2) is 0 Å². The second-order valence-electron chi connectivity index (χ2n) is 23.4. The lowest BCUT2D eigenvalue weighted by Crippen LogP contribution is -2.10. The molecule has 0 aliphatic carbocycles. The van der Waals surface area contributed by atoms with Crippen LogP contribution in [0.15, 0.2) is 291 Å². The fourth-order valence-electron chi connectivity index (χ4n) is 12.6. The number of fused-ring (bicyclic) bond motifs is 6. The van der Waals surface area contributed by atoms with E-state index in [9.17, 15) is 0 Å². The maximum Gasteiger partial charge on any atom is 0.0468 e. The second-order valence-corrected chi connectivity index (χ2v) is 23.4. The third-order valence-electron chi connectivity index (χ3n) is 17.6. The van der Waals surface area contributed by atoms with Crippen LogP contribution in [0.5, 0.6) is 0 Å². The zero-order chi connectivity index (χ0) is 60.4. The predicted molar refractivity (Wildman–Crippen MR) is 380 cm³/mol. The molecule has 0 aliphatic heterocycles. The van der Waals surface area contributed by atoms with Crippen LogP contribution in [-0.2, 0) is 0 Å². The van der Waals surface area contributed by atoms with Gasteiger partial charge in [-0.15, -0.1) is 0 Å². The lowest BCUT2D eigenvalue weighted by molar-refractivity contribution is 1.28. The number of hydrogen-bond acceptors (Lipinski definition) is 4. The molecule has 4 nitrogen and oxygen atoms in total. The summed E-state index contributed by atoms with van der Waals surface area (Å²) in [7, 11) is 0. The largest absolute Gasteiger partial charge is 0.310 e. The number of hydrogen-bond donors (Lipinski definition) is 0. The van der Waals surface area contributed by atoms with E-state index in [-0.39, 0.29) is 0 Å². The molecule has 0 aromatic heterocycles. The standard InChI is InChI=1S/2C42H36N2/c2*1-29-15-19-35(20-16-29)43(33-11-7-5-8-12-33)37-23-25-39-31(3)32(4)40-26-24-38(28-42(40)41(39)27-37)44(34-13-9-6-10-14-34)36-21-17-30(2)18-22-36/h2*5-28H,1-4H3. The molecule has 0 fully saturated rings. The van der Waals surface area contributed by atoms with Crippen LogP contribution in [0.4, 0.5) is 68.2 Å². The molecule has 0 radical (unpaired) electrons. The quantitative estimate of drug-likeness (QED) is 0.113. The van der Waals surface area contributed by atoms with Crippen molar-refractivity contribution in [3.63, 3.8) is 0 Å². The highest BCUT2D eigenvalue weighted by Crippen LogP contribution is 2.45. The maximum absolute atomic E-state index is 2.37. The highest BCUT2D eigenvalue weighted by molar-refractivity contribution is 6.14. The minimum Gasteiger partial charge on any atom is -0.310 e. The Morgan fingerprint density at radius 2 is 0.307 bits per heavy atom. The van der Waals surface area contributed by atoms with E-state index in [4.69, 9.17) is 0 Å². The minimum atomic E-state index is 1.14. The fourth-order valence-corrected chi connectivity index (χ4v) is 12.6. The van der Waals surface area contributed by atoms with Crippen molar-refractivity contribution in [2.24, 2.45) is 0 Å². The van der Waals surface area contributed by atoms with E-state index in [1.165, 1.54) is 87.6 Å². The molecule has 0 unspecified atom stereocenters. The molecule has 0 spiro atoms. The van der Waals surface area contributed by atoms with Crippen molar-refractivity contribution in [2.75, 3.05) is 19.6 Å². The zero-order valence-electron chi connectivity index (χ0n) is 51.5. The maximum atomic E-state index is 2.37. The number of aryl methyl sites for hydroxylation is 8. The molecular weight excluding hydrogens is 1060 g/mol. The third kappa shape index (κ3) is 11.1. The van der Waals surface area contributed by atoms with Crippen molar-refractivity contribution >= 4 is 111 Å². The molecule has 0 saturated carbocycles. The van der Waals surface area contributed by atoms with Gasteiger partial charge in [0.25, 0.3) is 0 Å². The molecule has 0 heterocycles. The van der Waals surface area contributed by atoms with E-state index in [0.717, 1.165) is 68.2 Å². The molecule has 0 N–H and O–H groups in total. The van der Waals surface area contributed by atoms with Crippen LogP contribution in [0, 0.1) is 55.4 Å². The van der Waals surface area contributed by atoms with Crippen molar-refractivity contribution in [3.05, 3.63) is 336 Å². The summed E-state index contributed by atoms with van der Waals surface area (Å²) >= 11 is 0. The van der Waals surface area contributed by atoms with Gasteiger partial charge in [-0.2, -0.15) is 0 Å². The normalized spacial score (nSPS) is 11.2. The third-order valence-corrected chi connectivity index (χ3v) is 17.6. The summed E-state index contributed by atoms with van der Waals surface area (Å²) in [6.45, 7) is 17.6. The van der Waals surface area contributed by atoms with Crippen LogP contribution < -0.4 is 19.6 Å². The van der Waals surface area contributed by atoms with Gasteiger partial charge in [0.1, 0.15) is 0 Å². The van der Waals surface area contributed by atoms with Crippen LogP contribution >= 0.6 is 0 Å². The summed E-state index contributed by atoms with van der Waals surface area (Å²) in [6, 6.07) is 106. The van der Waals surface area contributed by atoms with Crippen LogP contribution in [0.25, 0.3) is 43.1 Å². The molecule has 0 bridgehead atoms. The second kappa shape index (κ2) is 24.4. The number of anilines is 12. The Bertz CT molecular complexity index is 4160. The van der Waals surface area contributed by atoms with Crippen LogP contribution in [0.3, 0.4) is 0 Å². The Balaban J connectivity index is 0.000000162. The molecule has 88 heavy (non-hydrogen) atoms. The topological polar surface area (TPSA) is 13.0 Å². The Kier molecular flexibility index (Phi) is 15.6. The average molecular weight is 1140 g/mol. The Hall–Kier alpha value is -10.7. The Morgan fingerprint density at radius 3 is 0.489 bits per heavy atom. The summed E-state index contributed by atoms with van der Waals surface area (Å²) < 4.78 is 0. The van der Waals surface area contributed by atoms with Crippen LogP contribution in [-0.4, -0.2) is 0 Å². The molecule has 14 aromatic carbocycles. The first-order valence-corrected chi connectivity index (χ1v) is 30.6. The minimum absolute atomic E-state index is 1.14. The molecule has 0 saturated heterocycles. The van der Waals surface area contributed by atoms with E-state index in [1.807, 2.05) is 0 Å². The lowest BCUT2D eigenvalue weighted by Gasteiger charge is -2.27. The molecular formula is C84H72N4. The van der Waals surface area contributed by atoms with Gasteiger partial charge in [-0.05, 0) is 266 Å². The monoisotopic (exact) mass is 1140 g/mol. The summed E-state index contributed by atoms with van der Waals surface area (Å²) in [5, 5.41) is 10.2. The van der Waals surface area contributed by atoms with Crippen molar-refractivity contribution in [2.45, 2.75) is 55.4 Å². The van der Waals surface area contributed by atoms with Gasteiger partial charge >= 0.3 is 0 Å². The summed E-state index contributed by atoms with van der Waals surface area (Å²) in [5.41, 5.74) is 24.0. The fraction of sp³-hybridized carbons (Fsp3) is 0.0952. The van der Waals surface area contributed by atoms with Gasteiger partial charge in [0, 0.05) is 68.2 Å². The lowest BCUT2D eigenvalue weighted by atomic mass is 9.92. The first kappa shape index (κ1) is 56.5. The van der Waals surface area contributed by atoms with E-state index in [2.05, 4.69) is 366 Å². The van der Waals surface area contributed by atoms with Gasteiger partial charge in [-0.1, -0.05) is 168 Å². The molecule has 0 aliphatic rings. The van der Waals surface area contributed by atoms with Crippen LogP contribution in [0.2, 0.25) is 0 Å². The summed E-state index contributed by atoms with van der Waals surface area (Å²) in [6.07, 6.45) is 0. The number of rotatable bonds is 12. The summed E-state index contributed by atoms with van der Waals surface area (Å²) in [4.78, 5) is 9.41. The van der Waals surface area contributed by atoms with Gasteiger partial charge in [-0.25, -0.2) is 0 Å². The molecule has 0 atom stereocenters. The van der Waals surface area contributed by atoms with Crippen LogP contribution in [0.1, 0.15) is 44.5 Å². The van der Waals surface area contributed by atoms with Gasteiger partial charge in [0.05, 0.1) is 0 Å².